The molecule has 0 spiro atoms. The van der Waals surface area contributed by atoms with Crippen LogP contribution in [0.2, 0.25) is 0 Å². The van der Waals surface area contributed by atoms with E-state index in [4.69, 9.17) is 5.73 Å². The third-order valence-corrected chi connectivity index (χ3v) is 2.28. The van der Waals surface area contributed by atoms with Gasteiger partial charge in [0, 0.05) is 18.2 Å². The molecule has 5 heteroatoms. The van der Waals surface area contributed by atoms with Crippen molar-refractivity contribution in [2.75, 3.05) is 0 Å². The van der Waals surface area contributed by atoms with E-state index in [0.29, 0.717) is 4.73 Å². The van der Waals surface area contributed by atoms with E-state index in [-0.39, 0.29) is 6.04 Å². The minimum absolute atomic E-state index is 0.128. The van der Waals surface area contributed by atoms with Gasteiger partial charge in [0.1, 0.15) is 0 Å². The summed E-state index contributed by atoms with van der Waals surface area (Å²) in [5.41, 5.74) is 7.67. The molecule has 1 unspecified atom stereocenters. The van der Waals surface area contributed by atoms with Gasteiger partial charge in [-0.25, -0.2) is 9.50 Å². The van der Waals surface area contributed by atoms with Crippen LogP contribution in [-0.4, -0.2) is 20.6 Å². The van der Waals surface area contributed by atoms with Crippen LogP contribution < -0.4 is 5.73 Å². The van der Waals surface area contributed by atoms with Gasteiger partial charge >= 0.3 is 0 Å². The first-order valence-corrected chi connectivity index (χ1v) is 5.22. The quantitative estimate of drug-likeness (QED) is 0.882. The van der Waals surface area contributed by atoms with Crippen molar-refractivity contribution in [3.63, 3.8) is 0 Å². The molecular weight excluding hydrogens is 244 g/mol. The van der Waals surface area contributed by atoms with Crippen molar-refractivity contribution in [2.45, 2.75) is 19.4 Å². The maximum atomic E-state index is 5.75. The van der Waals surface area contributed by atoms with Gasteiger partial charge < -0.3 is 5.73 Å². The highest BCUT2D eigenvalue weighted by atomic mass is 79.9. The monoisotopic (exact) mass is 254 g/mol. The van der Waals surface area contributed by atoms with Crippen molar-refractivity contribution in [1.29, 1.82) is 0 Å². The Morgan fingerprint density at radius 1 is 1.57 bits per heavy atom. The second kappa shape index (κ2) is 3.67. The Hall–Kier alpha value is -0.940. The molecule has 4 nitrogen and oxygen atoms in total. The van der Waals surface area contributed by atoms with Crippen molar-refractivity contribution in [2.24, 2.45) is 5.73 Å². The average Bonchev–Trinajstić information content (AvgIpc) is 2.45. The molecule has 0 aromatic carbocycles. The van der Waals surface area contributed by atoms with E-state index >= 15 is 0 Å². The first-order chi connectivity index (χ1) is 6.66. The van der Waals surface area contributed by atoms with E-state index in [2.05, 4.69) is 26.0 Å². The van der Waals surface area contributed by atoms with Gasteiger partial charge in [-0.3, -0.25) is 0 Å². The molecule has 0 amide bonds. The second-order valence-corrected chi connectivity index (χ2v) is 4.06. The Kier molecular flexibility index (Phi) is 2.52. The molecular formula is C9H11BrN4. The van der Waals surface area contributed by atoms with Crippen LogP contribution in [0.5, 0.6) is 0 Å². The molecule has 0 bridgehead atoms. The third kappa shape index (κ3) is 1.78. The molecule has 0 aliphatic carbocycles. The Bertz CT molecular complexity index is 449. The first-order valence-electron chi connectivity index (χ1n) is 4.42. The number of rotatable bonds is 2. The number of fused-ring (bicyclic) bond motifs is 1. The Labute approximate surface area is 90.3 Å². The summed E-state index contributed by atoms with van der Waals surface area (Å²) >= 11 is 3.25. The molecule has 2 N–H and O–H groups in total. The largest absolute Gasteiger partial charge is 0.328 e. The summed E-state index contributed by atoms with van der Waals surface area (Å²) in [6.45, 7) is 1.98. The zero-order valence-electron chi connectivity index (χ0n) is 7.81. The van der Waals surface area contributed by atoms with Gasteiger partial charge in [0.25, 0.3) is 0 Å². The maximum Gasteiger partial charge on any atom is 0.218 e. The van der Waals surface area contributed by atoms with E-state index in [1.54, 1.807) is 0 Å². The summed E-state index contributed by atoms with van der Waals surface area (Å²) in [7, 11) is 0. The van der Waals surface area contributed by atoms with Gasteiger partial charge in [0.05, 0.1) is 0 Å². The predicted molar refractivity (Wildman–Crippen MR) is 58.0 cm³/mol. The fourth-order valence-corrected chi connectivity index (χ4v) is 1.76. The molecule has 2 heterocycles. The second-order valence-electron chi connectivity index (χ2n) is 3.35. The van der Waals surface area contributed by atoms with Crippen LogP contribution in [0.1, 0.15) is 12.6 Å². The summed E-state index contributed by atoms with van der Waals surface area (Å²) in [6, 6.07) is 6.03. The molecule has 2 rings (SSSR count). The smallest absolute Gasteiger partial charge is 0.218 e. The molecule has 0 aliphatic rings. The number of nitrogens with two attached hydrogens (primary N) is 1. The van der Waals surface area contributed by atoms with E-state index < -0.39 is 0 Å². The van der Waals surface area contributed by atoms with Crippen LogP contribution in [-0.2, 0) is 6.42 Å². The molecule has 2 aromatic heterocycles. The molecule has 2 aromatic rings. The Balaban J connectivity index is 2.53. The van der Waals surface area contributed by atoms with Crippen LogP contribution in [0.15, 0.2) is 22.9 Å². The van der Waals surface area contributed by atoms with Crippen LogP contribution in [0.3, 0.4) is 0 Å². The number of halogens is 1. The van der Waals surface area contributed by atoms with Gasteiger partial charge in [-0.1, -0.05) is 6.07 Å². The molecule has 14 heavy (non-hydrogen) atoms. The predicted octanol–water partition coefficient (Wildman–Crippen LogP) is 1.38. The molecule has 0 saturated heterocycles. The minimum atomic E-state index is 0.128. The van der Waals surface area contributed by atoms with Crippen LogP contribution >= 0.6 is 15.9 Å². The maximum absolute atomic E-state index is 5.75. The Morgan fingerprint density at radius 3 is 3.07 bits per heavy atom. The first kappa shape index (κ1) is 9.61. The number of aromatic nitrogens is 3. The standard InChI is InChI=1S/C9H11BrN4/c1-6(11)5-7-3-2-4-8-12-9(10)13-14(7)8/h2-4,6H,5,11H2,1H3. The van der Waals surface area contributed by atoms with Gasteiger partial charge in [0.15, 0.2) is 5.65 Å². The molecule has 74 valence electrons. The SMILES string of the molecule is CC(N)Cc1cccc2nc(Br)nn12. The van der Waals surface area contributed by atoms with Crippen LogP contribution in [0.4, 0.5) is 0 Å². The molecule has 0 aliphatic heterocycles. The van der Waals surface area contributed by atoms with Crippen LogP contribution in [0, 0.1) is 0 Å². The molecule has 1 atom stereocenters. The summed E-state index contributed by atoms with van der Waals surface area (Å²) in [4.78, 5) is 4.21. The molecule has 0 radical (unpaired) electrons. The summed E-state index contributed by atoms with van der Waals surface area (Å²) in [6.07, 6.45) is 0.799. The van der Waals surface area contributed by atoms with E-state index in [9.17, 15) is 0 Å². The van der Waals surface area contributed by atoms with Crippen molar-refractivity contribution in [3.05, 3.63) is 28.6 Å². The summed E-state index contributed by atoms with van der Waals surface area (Å²) < 4.78 is 2.42. The van der Waals surface area contributed by atoms with Gasteiger partial charge in [-0.05, 0) is 35.0 Å². The lowest BCUT2D eigenvalue weighted by molar-refractivity contribution is 0.697. The average molecular weight is 255 g/mol. The van der Waals surface area contributed by atoms with Gasteiger partial charge in [-0.2, -0.15) is 0 Å². The molecule has 0 saturated carbocycles. The normalized spacial score (nSPS) is 13.4. The van der Waals surface area contributed by atoms with E-state index in [0.717, 1.165) is 17.8 Å². The van der Waals surface area contributed by atoms with Crippen molar-refractivity contribution < 1.29 is 0 Å². The highest BCUT2D eigenvalue weighted by Gasteiger charge is 2.06. The highest BCUT2D eigenvalue weighted by molar-refractivity contribution is 9.10. The minimum Gasteiger partial charge on any atom is -0.328 e. The third-order valence-electron chi connectivity index (χ3n) is 1.94. The van der Waals surface area contributed by atoms with Crippen molar-refractivity contribution in [1.82, 2.24) is 14.6 Å². The van der Waals surface area contributed by atoms with Gasteiger partial charge in [0.2, 0.25) is 4.73 Å². The van der Waals surface area contributed by atoms with Crippen molar-refractivity contribution in [3.8, 4) is 0 Å². The summed E-state index contributed by atoms with van der Waals surface area (Å²) in [5, 5.41) is 4.23. The zero-order chi connectivity index (χ0) is 10.1. The van der Waals surface area contributed by atoms with Crippen LogP contribution in [0.25, 0.3) is 5.65 Å². The van der Waals surface area contributed by atoms with Crippen molar-refractivity contribution >= 4 is 21.6 Å². The fraction of sp³-hybridized carbons (Fsp3) is 0.333. The zero-order valence-corrected chi connectivity index (χ0v) is 9.40. The van der Waals surface area contributed by atoms with Gasteiger partial charge in [-0.15, -0.1) is 5.10 Å². The fourth-order valence-electron chi connectivity index (χ4n) is 1.42. The lowest BCUT2D eigenvalue weighted by Crippen LogP contribution is -2.19. The number of hydrogen-bond donors (Lipinski definition) is 1. The highest BCUT2D eigenvalue weighted by Crippen LogP contribution is 2.10. The number of pyridine rings is 1. The lowest BCUT2D eigenvalue weighted by Gasteiger charge is -2.06. The van der Waals surface area contributed by atoms with E-state index in [1.165, 1.54) is 0 Å². The lowest BCUT2D eigenvalue weighted by atomic mass is 10.2. The Morgan fingerprint density at radius 2 is 2.36 bits per heavy atom. The number of hydrogen-bond acceptors (Lipinski definition) is 3. The topological polar surface area (TPSA) is 56.2 Å². The molecule has 0 fully saturated rings. The number of nitrogens with zero attached hydrogens (tertiary/aromatic N) is 3. The van der Waals surface area contributed by atoms with E-state index in [1.807, 2.05) is 29.6 Å². The summed E-state index contributed by atoms with van der Waals surface area (Å²) in [5.74, 6) is 0.